The molecule has 0 aliphatic carbocycles. The van der Waals surface area contributed by atoms with Gasteiger partial charge in [0.2, 0.25) is 0 Å². The molecule has 1 saturated heterocycles. The summed E-state index contributed by atoms with van der Waals surface area (Å²) in [6, 6.07) is 0.569. The molecular weight excluding hydrogens is 288 g/mol. The van der Waals surface area contributed by atoms with Crippen LogP contribution in [0.5, 0.6) is 0 Å². The number of piperazine rings is 1. The zero-order valence-corrected chi connectivity index (χ0v) is 13.5. The Hall–Kier alpha value is -1.24. The molecule has 0 radical (unpaired) electrons. The van der Waals surface area contributed by atoms with E-state index in [2.05, 4.69) is 38.7 Å². The molecule has 0 spiro atoms. The first-order chi connectivity index (χ1) is 10.1. The summed E-state index contributed by atoms with van der Waals surface area (Å²) in [5.41, 5.74) is 0.797. The van der Waals surface area contributed by atoms with Gasteiger partial charge in [0.05, 0.1) is 18.1 Å². The standard InChI is InChI=1S/C14H21ClN6/c1-4-21-6-5-20(8-10(21)2)9-12-17-13(15)11-7-16-19(3)14(11)18-12/h7,10H,4-6,8-9H2,1-3H3. The van der Waals surface area contributed by atoms with E-state index in [-0.39, 0.29) is 0 Å². The van der Waals surface area contributed by atoms with Crippen LogP contribution in [0.4, 0.5) is 0 Å². The summed E-state index contributed by atoms with van der Waals surface area (Å²) >= 11 is 6.24. The van der Waals surface area contributed by atoms with Gasteiger partial charge in [0.15, 0.2) is 5.65 Å². The van der Waals surface area contributed by atoms with Gasteiger partial charge < -0.3 is 0 Å². The van der Waals surface area contributed by atoms with Gasteiger partial charge in [0, 0.05) is 32.7 Å². The molecule has 6 nitrogen and oxygen atoms in total. The topological polar surface area (TPSA) is 50.1 Å². The fourth-order valence-corrected chi connectivity index (χ4v) is 3.22. The van der Waals surface area contributed by atoms with Gasteiger partial charge in [-0.2, -0.15) is 5.10 Å². The summed E-state index contributed by atoms with van der Waals surface area (Å²) in [6.45, 7) is 9.51. The van der Waals surface area contributed by atoms with E-state index in [1.54, 1.807) is 10.9 Å². The Morgan fingerprint density at radius 1 is 1.33 bits per heavy atom. The Kier molecular flexibility index (Phi) is 4.10. The van der Waals surface area contributed by atoms with Crippen LogP contribution in [0.15, 0.2) is 6.20 Å². The van der Waals surface area contributed by atoms with Crippen molar-refractivity contribution in [3.05, 3.63) is 17.2 Å². The molecule has 0 aromatic carbocycles. The number of likely N-dealkylation sites (N-methyl/N-ethyl adjacent to an activating group) is 1. The first kappa shape index (κ1) is 14.7. The van der Waals surface area contributed by atoms with E-state index in [0.29, 0.717) is 11.2 Å². The molecule has 1 aliphatic heterocycles. The van der Waals surface area contributed by atoms with Crippen molar-refractivity contribution in [2.45, 2.75) is 26.4 Å². The highest BCUT2D eigenvalue weighted by atomic mass is 35.5. The molecule has 3 rings (SSSR count). The quantitative estimate of drug-likeness (QED) is 0.805. The van der Waals surface area contributed by atoms with Crippen molar-refractivity contribution in [1.29, 1.82) is 0 Å². The zero-order valence-electron chi connectivity index (χ0n) is 12.8. The monoisotopic (exact) mass is 308 g/mol. The van der Waals surface area contributed by atoms with Crippen molar-refractivity contribution in [3.63, 3.8) is 0 Å². The summed E-state index contributed by atoms with van der Waals surface area (Å²) in [5.74, 6) is 0.772. The fourth-order valence-electron chi connectivity index (χ4n) is 2.98. The van der Waals surface area contributed by atoms with Crippen LogP contribution in [0.1, 0.15) is 19.7 Å². The number of hydrogen-bond donors (Lipinski definition) is 0. The molecule has 2 aromatic heterocycles. The molecule has 1 aliphatic rings. The lowest BCUT2D eigenvalue weighted by atomic mass is 10.2. The van der Waals surface area contributed by atoms with Crippen LogP contribution in [0, 0.1) is 0 Å². The maximum atomic E-state index is 6.24. The molecule has 114 valence electrons. The molecule has 1 atom stereocenters. The van der Waals surface area contributed by atoms with Crippen LogP contribution in [0.2, 0.25) is 5.15 Å². The molecule has 1 unspecified atom stereocenters. The average molecular weight is 309 g/mol. The van der Waals surface area contributed by atoms with Crippen molar-refractivity contribution in [2.24, 2.45) is 7.05 Å². The van der Waals surface area contributed by atoms with E-state index < -0.39 is 0 Å². The number of halogens is 1. The van der Waals surface area contributed by atoms with Crippen LogP contribution < -0.4 is 0 Å². The maximum absolute atomic E-state index is 6.24. The van der Waals surface area contributed by atoms with Crippen molar-refractivity contribution in [2.75, 3.05) is 26.2 Å². The Bertz CT molecular complexity index is 640. The SMILES string of the molecule is CCN1CCN(Cc2nc(Cl)c3cnn(C)c3n2)CC1C. The van der Waals surface area contributed by atoms with Crippen molar-refractivity contribution in [1.82, 2.24) is 29.5 Å². The third kappa shape index (κ3) is 2.88. The van der Waals surface area contributed by atoms with E-state index in [9.17, 15) is 0 Å². The Morgan fingerprint density at radius 3 is 2.86 bits per heavy atom. The van der Waals surface area contributed by atoms with E-state index >= 15 is 0 Å². The number of fused-ring (bicyclic) bond motifs is 1. The molecule has 7 heteroatoms. The van der Waals surface area contributed by atoms with Crippen LogP contribution in [-0.4, -0.2) is 61.8 Å². The molecule has 0 amide bonds. The molecule has 1 fully saturated rings. The van der Waals surface area contributed by atoms with E-state index in [1.165, 1.54) is 0 Å². The van der Waals surface area contributed by atoms with Gasteiger partial charge in [-0.15, -0.1) is 0 Å². The van der Waals surface area contributed by atoms with E-state index in [1.807, 2.05) is 7.05 Å². The smallest absolute Gasteiger partial charge is 0.162 e. The summed E-state index contributed by atoms with van der Waals surface area (Å²) in [5, 5.41) is 5.49. The van der Waals surface area contributed by atoms with Crippen molar-refractivity contribution in [3.8, 4) is 0 Å². The lowest BCUT2D eigenvalue weighted by Gasteiger charge is -2.39. The minimum atomic E-state index is 0.489. The lowest BCUT2D eigenvalue weighted by Crippen LogP contribution is -2.51. The molecule has 2 aromatic rings. The average Bonchev–Trinajstić information content (AvgIpc) is 2.81. The Balaban J connectivity index is 1.78. The van der Waals surface area contributed by atoms with Gasteiger partial charge in [-0.3, -0.25) is 14.5 Å². The molecule has 0 bridgehead atoms. The fraction of sp³-hybridized carbons (Fsp3) is 0.643. The molecule has 0 saturated carbocycles. The molecule has 3 heterocycles. The predicted molar refractivity (Wildman–Crippen MR) is 83.3 cm³/mol. The second-order valence-electron chi connectivity index (χ2n) is 5.65. The van der Waals surface area contributed by atoms with Gasteiger partial charge >= 0.3 is 0 Å². The summed E-state index contributed by atoms with van der Waals surface area (Å²) in [6.07, 6.45) is 1.71. The van der Waals surface area contributed by atoms with Gasteiger partial charge in [0.1, 0.15) is 11.0 Å². The largest absolute Gasteiger partial charge is 0.298 e. The highest BCUT2D eigenvalue weighted by molar-refractivity contribution is 6.33. The number of rotatable bonds is 3. The minimum absolute atomic E-state index is 0.489. The number of hydrogen-bond acceptors (Lipinski definition) is 5. The van der Waals surface area contributed by atoms with Gasteiger partial charge in [-0.1, -0.05) is 18.5 Å². The molecule has 0 N–H and O–H groups in total. The van der Waals surface area contributed by atoms with Crippen molar-refractivity contribution >= 4 is 22.6 Å². The second kappa shape index (κ2) is 5.87. The van der Waals surface area contributed by atoms with Gasteiger partial charge in [-0.05, 0) is 13.5 Å². The third-order valence-corrected chi connectivity index (χ3v) is 4.50. The number of aryl methyl sites for hydroxylation is 1. The molecule has 21 heavy (non-hydrogen) atoms. The Morgan fingerprint density at radius 2 is 2.14 bits per heavy atom. The maximum Gasteiger partial charge on any atom is 0.162 e. The summed E-state index contributed by atoms with van der Waals surface area (Å²) < 4.78 is 1.74. The van der Waals surface area contributed by atoms with E-state index in [4.69, 9.17) is 11.6 Å². The first-order valence-corrected chi connectivity index (χ1v) is 7.76. The molecular formula is C14H21ClN6. The van der Waals surface area contributed by atoms with Gasteiger partial charge in [-0.25, -0.2) is 9.97 Å². The lowest BCUT2D eigenvalue weighted by molar-refractivity contribution is 0.0818. The number of aromatic nitrogens is 4. The first-order valence-electron chi connectivity index (χ1n) is 7.39. The predicted octanol–water partition coefficient (Wildman–Crippen LogP) is 1.54. The van der Waals surface area contributed by atoms with E-state index in [0.717, 1.165) is 49.6 Å². The third-order valence-electron chi connectivity index (χ3n) is 4.21. The van der Waals surface area contributed by atoms with Crippen LogP contribution in [-0.2, 0) is 13.6 Å². The van der Waals surface area contributed by atoms with Crippen LogP contribution in [0.3, 0.4) is 0 Å². The second-order valence-corrected chi connectivity index (χ2v) is 6.01. The van der Waals surface area contributed by atoms with Crippen LogP contribution >= 0.6 is 11.6 Å². The van der Waals surface area contributed by atoms with Crippen LogP contribution in [0.25, 0.3) is 11.0 Å². The highest BCUT2D eigenvalue weighted by Gasteiger charge is 2.23. The summed E-state index contributed by atoms with van der Waals surface area (Å²) in [4.78, 5) is 13.9. The Labute approximate surface area is 129 Å². The van der Waals surface area contributed by atoms with Crippen molar-refractivity contribution < 1.29 is 0 Å². The number of nitrogens with zero attached hydrogens (tertiary/aromatic N) is 6. The normalized spacial score (nSPS) is 21.2. The van der Waals surface area contributed by atoms with Gasteiger partial charge in [0.25, 0.3) is 0 Å². The minimum Gasteiger partial charge on any atom is -0.298 e. The summed E-state index contributed by atoms with van der Waals surface area (Å²) in [7, 11) is 1.87. The highest BCUT2D eigenvalue weighted by Crippen LogP contribution is 2.20. The zero-order chi connectivity index (χ0) is 15.0.